The van der Waals surface area contributed by atoms with Gasteiger partial charge in [-0.2, -0.15) is 0 Å². The second kappa shape index (κ2) is 5.63. The topological polar surface area (TPSA) is 44.1 Å². The summed E-state index contributed by atoms with van der Waals surface area (Å²) >= 11 is 0. The van der Waals surface area contributed by atoms with Crippen molar-refractivity contribution in [2.75, 3.05) is 7.11 Å². The lowest BCUT2D eigenvalue weighted by Crippen LogP contribution is -2.05. The van der Waals surface area contributed by atoms with Crippen LogP contribution in [0, 0.1) is 0 Å². The lowest BCUT2D eigenvalue weighted by Gasteiger charge is -2.00. The van der Waals surface area contributed by atoms with E-state index in [9.17, 15) is 4.79 Å². The Kier molecular flexibility index (Phi) is 3.51. The third-order valence-corrected chi connectivity index (χ3v) is 3.20. The predicted molar refractivity (Wildman–Crippen MR) is 82.4 cm³/mol. The number of fused-ring (bicyclic) bond motifs is 1. The van der Waals surface area contributed by atoms with Gasteiger partial charge in [0.1, 0.15) is 12.1 Å². The van der Waals surface area contributed by atoms with Crippen molar-refractivity contribution in [2.24, 2.45) is 0 Å². The largest absolute Gasteiger partial charge is 0.497 e. The molecule has 0 aliphatic rings. The summed E-state index contributed by atoms with van der Waals surface area (Å²) in [7, 11) is 1.62. The Morgan fingerprint density at radius 3 is 2.90 bits per heavy atom. The van der Waals surface area contributed by atoms with Crippen LogP contribution in [0.2, 0.25) is 0 Å². The molecule has 3 rings (SSSR count). The molecule has 0 saturated heterocycles. The fourth-order valence-corrected chi connectivity index (χ4v) is 2.13. The fourth-order valence-electron chi connectivity index (χ4n) is 2.13. The van der Waals surface area contributed by atoms with Crippen LogP contribution in [0.4, 0.5) is 0 Å². The molecule has 0 bridgehead atoms. The van der Waals surface area contributed by atoms with Crippen molar-refractivity contribution < 1.29 is 9.53 Å². The zero-order valence-corrected chi connectivity index (χ0v) is 11.6. The number of imidazole rings is 1. The number of methoxy groups -OCH3 is 1. The minimum atomic E-state index is -0.133. The number of aromatic nitrogens is 2. The Balaban J connectivity index is 1.87. The number of carbonyl (C=O) groups excluding carboxylic acids is 1. The second-order valence-corrected chi connectivity index (χ2v) is 4.55. The highest BCUT2D eigenvalue weighted by molar-refractivity contribution is 5.99. The lowest BCUT2D eigenvalue weighted by molar-refractivity contribution is 0.0974. The van der Waals surface area contributed by atoms with Gasteiger partial charge in [0.2, 0.25) is 0 Å². The van der Waals surface area contributed by atoms with Crippen molar-refractivity contribution in [3.05, 3.63) is 66.5 Å². The molecule has 0 radical (unpaired) electrons. The number of ether oxygens (including phenoxy) is 1. The van der Waals surface area contributed by atoms with Crippen molar-refractivity contribution in [2.45, 2.75) is 0 Å². The summed E-state index contributed by atoms with van der Waals surface area (Å²) < 4.78 is 6.69. The van der Waals surface area contributed by atoms with Gasteiger partial charge in [0.25, 0.3) is 5.91 Å². The minimum absolute atomic E-state index is 0.133. The molecule has 0 aliphatic heterocycles. The van der Waals surface area contributed by atoms with Gasteiger partial charge in [-0.1, -0.05) is 24.3 Å². The van der Waals surface area contributed by atoms with Crippen LogP contribution in [0.25, 0.3) is 17.1 Å². The molecule has 0 N–H and O–H groups in total. The van der Waals surface area contributed by atoms with Crippen molar-refractivity contribution in [1.82, 2.24) is 9.55 Å². The number of hydrogen-bond donors (Lipinski definition) is 0. The Morgan fingerprint density at radius 1 is 1.19 bits per heavy atom. The van der Waals surface area contributed by atoms with Crippen molar-refractivity contribution >= 4 is 23.0 Å². The van der Waals surface area contributed by atoms with Crippen LogP contribution in [0.5, 0.6) is 5.75 Å². The van der Waals surface area contributed by atoms with Gasteiger partial charge in [0.05, 0.1) is 18.1 Å². The van der Waals surface area contributed by atoms with E-state index in [0.717, 1.165) is 22.3 Å². The lowest BCUT2D eigenvalue weighted by atomic mass is 10.2. The van der Waals surface area contributed by atoms with Crippen LogP contribution < -0.4 is 4.74 Å². The third-order valence-electron chi connectivity index (χ3n) is 3.20. The monoisotopic (exact) mass is 278 g/mol. The Labute approximate surface area is 122 Å². The first-order chi connectivity index (χ1) is 10.3. The molecular weight excluding hydrogens is 264 g/mol. The highest BCUT2D eigenvalue weighted by Crippen LogP contribution is 2.15. The number of benzene rings is 2. The standard InChI is InChI=1S/C17H14N2O2/c1-21-14-6-4-5-13(11-14)9-10-17(20)19-12-18-15-7-2-3-8-16(15)19/h2-12H,1H3/b10-9+. The molecule has 0 unspecified atom stereocenters. The maximum Gasteiger partial charge on any atom is 0.256 e. The van der Waals surface area contributed by atoms with Gasteiger partial charge in [0, 0.05) is 6.08 Å². The van der Waals surface area contributed by atoms with Gasteiger partial charge >= 0.3 is 0 Å². The molecule has 1 aromatic heterocycles. The molecule has 1 heterocycles. The van der Waals surface area contributed by atoms with Gasteiger partial charge < -0.3 is 4.74 Å². The first-order valence-electron chi connectivity index (χ1n) is 6.56. The Hall–Kier alpha value is -2.88. The number of carbonyl (C=O) groups is 1. The van der Waals surface area contributed by atoms with Gasteiger partial charge in [-0.3, -0.25) is 9.36 Å². The average molecular weight is 278 g/mol. The van der Waals surface area contributed by atoms with E-state index >= 15 is 0 Å². The van der Waals surface area contributed by atoms with Crippen LogP contribution in [-0.2, 0) is 0 Å². The smallest absolute Gasteiger partial charge is 0.256 e. The summed E-state index contributed by atoms with van der Waals surface area (Å²) in [5.41, 5.74) is 2.52. The molecular formula is C17H14N2O2. The quantitative estimate of drug-likeness (QED) is 0.690. The van der Waals surface area contributed by atoms with E-state index in [4.69, 9.17) is 4.74 Å². The Bertz CT molecular complexity index is 818. The number of para-hydroxylation sites is 2. The summed E-state index contributed by atoms with van der Waals surface area (Å²) in [6, 6.07) is 15.1. The van der Waals surface area contributed by atoms with Gasteiger partial charge in [-0.05, 0) is 35.9 Å². The first-order valence-corrected chi connectivity index (χ1v) is 6.56. The van der Waals surface area contributed by atoms with Gasteiger partial charge in [0.15, 0.2) is 0 Å². The fraction of sp³-hybridized carbons (Fsp3) is 0.0588. The van der Waals surface area contributed by atoms with Crippen molar-refractivity contribution in [3.8, 4) is 5.75 Å². The molecule has 0 spiro atoms. The molecule has 3 aromatic rings. The second-order valence-electron chi connectivity index (χ2n) is 4.55. The summed E-state index contributed by atoms with van der Waals surface area (Å²) in [6.45, 7) is 0. The summed E-state index contributed by atoms with van der Waals surface area (Å²) in [4.78, 5) is 16.5. The first kappa shape index (κ1) is 13.1. The number of hydrogen-bond acceptors (Lipinski definition) is 3. The molecule has 0 saturated carbocycles. The van der Waals surface area contributed by atoms with Crippen LogP contribution in [0.3, 0.4) is 0 Å². The molecule has 0 aliphatic carbocycles. The normalized spacial score (nSPS) is 11.1. The molecule has 104 valence electrons. The minimum Gasteiger partial charge on any atom is -0.497 e. The zero-order chi connectivity index (χ0) is 14.7. The Morgan fingerprint density at radius 2 is 2.05 bits per heavy atom. The summed E-state index contributed by atoms with van der Waals surface area (Å²) in [5, 5.41) is 0. The molecule has 4 heteroatoms. The molecule has 21 heavy (non-hydrogen) atoms. The maximum absolute atomic E-state index is 12.3. The molecule has 4 nitrogen and oxygen atoms in total. The molecule has 0 amide bonds. The van der Waals surface area contributed by atoms with E-state index in [2.05, 4.69) is 4.98 Å². The van der Waals surface area contributed by atoms with Crippen LogP contribution in [0.1, 0.15) is 10.4 Å². The van der Waals surface area contributed by atoms with Crippen molar-refractivity contribution in [3.63, 3.8) is 0 Å². The summed E-state index contributed by atoms with van der Waals surface area (Å²) in [5.74, 6) is 0.629. The molecule has 0 atom stereocenters. The van der Waals surface area contributed by atoms with E-state index in [0.29, 0.717) is 0 Å². The van der Waals surface area contributed by atoms with Crippen molar-refractivity contribution in [1.29, 1.82) is 0 Å². The van der Waals surface area contributed by atoms with Crippen LogP contribution in [-0.4, -0.2) is 22.6 Å². The van der Waals surface area contributed by atoms with Crippen LogP contribution >= 0.6 is 0 Å². The number of nitrogens with zero attached hydrogens (tertiary/aromatic N) is 2. The molecule has 0 fully saturated rings. The van der Waals surface area contributed by atoms with Gasteiger partial charge in [-0.15, -0.1) is 0 Å². The predicted octanol–water partition coefficient (Wildman–Crippen LogP) is 3.40. The highest BCUT2D eigenvalue weighted by atomic mass is 16.5. The van der Waals surface area contributed by atoms with E-state index < -0.39 is 0 Å². The third kappa shape index (κ3) is 2.69. The zero-order valence-electron chi connectivity index (χ0n) is 11.6. The number of allylic oxidation sites excluding steroid dienone is 1. The van der Waals surface area contributed by atoms with Crippen LogP contribution in [0.15, 0.2) is 60.9 Å². The number of rotatable bonds is 3. The van der Waals surface area contributed by atoms with E-state index in [1.807, 2.05) is 48.5 Å². The molecule has 2 aromatic carbocycles. The SMILES string of the molecule is COc1cccc(/C=C/C(=O)n2cnc3ccccc32)c1. The maximum atomic E-state index is 12.3. The van der Waals surface area contributed by atoms with E-state index in [1.165, 1.54) is 10.6 Å². The van der Waals surface area contributed by atoms with E-state index in [1.54, 1.807) is 19.5 Å². The van der Waals surface area contributed by atoms with E-state index in [-0.39, 0.29) is 5.91 Å². The van der Waals surface area contributed by atoms with Gasteiger partial charge in [-0.25, -0.2) is 4.98 Å². The summed E-state index contributed by atoms with van der Waals surface area (Å²) in [6.07, 6.45) is 4.84. The average Bonchev–Trinajstić information content (AvgIpc) is 2.97. The highest BCUT2D eigenvalue weighted by Gasteiger charge is 2.06.